The van der Waals surface area contributed by atoms with E-state index in [1.54, 1.807) is 11.3 Å². The number of amides is 1. The van der Waals surface area contributed by atoms with Crippen LogP contribution in [0, 0.1) is 5.41 Å². The third-order valence-corrected chi connectivity index (χ3v) is 4.81. The molecule has 1 N–H and O–H groups in total. The molecule has 94 valence electrons. The molecule has 2 nitrogen and oxygen atoms in total. The fourth-order valence-corrected chi connectivity index (χ4v) is 2.90. The molecule has 1 aliphatic rings. The Kier molecular flexibility index (Phi) is 4.46. The zero-order chi connectivity index (χ0) is 12.1. The van der Waals surface area contributed by atoms with Gasteiger partial charge in [-0.05, 0) is 37.1 Å². The van der Waals surface area contributed by atoms with E-state index in [4.69, 9.17) is 11.6 Å². The molecular formula is C13H18ClNOS. The highest BCUT2D eigenvalue weighted by Gasteiger charge is 2.41. The Morgan fingerprint density at radius 1 is 1.53 bits per heavy atom. The van der Waals surface area contributed by atoms with Gasteiger partial charge in [0, 0.05) is 29.1 Å². The summed E-state index contributed by atoms with van der Waals surface area (Å²) in [5.74, 6) is 0.834. The first-order chi connectivity index (χ1) is 8.24. The molecule has 0 aromatic carbocycles. The average molecular weight is 272 g/mol. The minimum atomic E-state index is 0.165. The van der Waals surface area contributed by atoms with E-state index in [9.17, 15) is 4.79 Å². The highest BCUT2D eigenvalue weighted by Crippen LogP contribution is 2.45. The smallest absolute Gasteiger partial charge is 0.220 e. The predicted molar refractivity (Wildman–Crippen MR) is 72.7 cm³/mol. The lowest BCUT2D eigenvalue weighted by Gasteiger charge is -2.12. The van der Waals surface area contributed by atoms with Crippen molar-refractivity contribution in [2.45, 2.75) is 32.1 Å². The van der Waals surface area contributed by atoms with Crippen molar-refractivity contribution in [3.63, 3.8) is 0 Å². The average Bonchev–Trinajstić information content (AvgIpc) is 2.95. The predicted octanol–water partition coefficient (Wildman–Crippen LogP) is 3.21. The summed E-state index contributed by atoms with van der Waals surface area (Å²) in [6.07, 6.45) is 4.88. The maximum atomic E-state index is 11.6. The topological polar surface area (TPSA) is 29.1 Å². The van der Waals surface area contributed by atoms with Crippen LogP contribution in [0.25, 0.3) is 0 Å². The van der Waals surface area contributed by atoms with Crippen molar-refractivity contribution in [3.8, 4) is 0 Å². The Balaban J connectivity index is 1.58. The minimum Gasteiger partial charge on any atom is -0.356 e. The lowest BCUT2D eigenvalue weighted by Crippen LogP contribution is -2.30. The van der Waals surface area contributed by atoms with Crippen LogP contribution in [0.2, 0.25) is 0 Å². The normalized spacial score (nSPS) is 16.8. The van der Waals surface area contributed by atoms with Crippen LogP contribution >= 0.6 is 22.9 Å². The third kappa shape index (κ3) is 4.00. The molecule has 1 heterocycles. The highest BCUT2D eigenvalue weighted by molar-refractivity contribution is 7.09. The van der Waals surface area contributed by atoms with Crippen molar-refractivity contribution in [1.82, 2.24) is 5.32 Å². The molecule has 4 heteroatoms. The molecular weight excluding hydrogens is 254 g/mol. The molecule has 0 bridgehead atoms. The second-order valence-electron chi connectivity index (χ2n) is 4.84. The first-order valence-corrected chi connectivity index (χ1v) is 7.51. The Labute approximate surface area is 111 Å². The van der Waals surface area contributed by atoms with Gasteiger partial charge in [-0.1, -0.05) is 6.07 Å². The van der Waals surface area contributed by atoms with Gasteiger partial charge in [0.25, 0.3) is 0 Å². The summed E-state index contributed by atoms with van der Waals surface area (Å²) in [5, 5.41) is 5.07. The van der Waals surface area contributed by atoms with Crippen LogP contribution in [0.3, 0.4) is 0 Å². The van der Waals surface area contributed by atoms with E-state index in [-0.39, 0.29) is 11.3 Å². The van der Waals surface area contributed by atoms with Crippen molar-refractivity contribution in [3.05, 3.63) is 22.4 Å². The number of halogens is 1. The zero-order valence-corrected chi connectivity index (χ0v) is 11.4. The number of carbonyl (C=O) groups excluding carboxylic acids is 1. The molecule has 17 heavy (non-hydrogen) atoms. The molecule has 0 aliphatic heterocycles. The van der Waals surface area contributed by atoms with Crippen LogP contribution in [0.4, 0.5) is 0 Å². The van der Waals surface area contributed by atoms with E-state index in [1.165, 1.54) is 4.88 Å². The van der Waals surface area contributed by atoms with Crippen molar-refractivity contribution in [1.29, 1.82) is 0 Å². The van der Waals surface area contributed by atoms with E-state index < -0.39 is 0 Å². The number of hydrogen-bond donors (Lipinski definition) is 1. The second-order valence-corrected chi connectivity index (χ2v) is 6.14. The quantitative estimate of drug-likeness (QED) is 0.758. The number of thiophene rings is 1. The van der Waals surface area contributed by atoms with Gasteiger partial charge in [0.1, 0.15) is 0 Å². The molecule has 1 saturated carbocycles. The van der Waals surface area contributed by atoms with E-state index in [0.29, 0.717) is 12.3 Å². The van der Waals surface area contributed by atoms with Crippen LogP contribution in [0.5, 0.6) is 0 Å². The van der Waals surface area contributed by atoms with Crippen molar-refractivity contribution >= 4 is 28.8 Å². The number of nitrogens with one attached hydrogen (secondary N) is 1. The minimum absolute atomic E-state index is 0.165. The van der Waals surface area contributed by atoms with Gasteiger partial charge in [-0.2, -0.15) is 0 Å². The molecule has 1 fully saturated rings. The van der Waals surface area contributed by atoms with Gasteiger partial charge in [-0.3, -0.25) is 4.79 Å². The first-order valence-electron chi connectivity index (χ1n) is 6.09. The van der Waals surface area contributed by atoms with E-state index >= 15 is 0 Å². The van der Waals surface area contributed by atoms with Crippen molar-refractivity contribution in [2.24, 2.45) is 5.41 Å². The van der Waals surface area contributed by atoms with Gasteiger partial charge in [0.05, 0.1) is 0 Å². The number of alkyl halides is 1. The van der Waals surface area contributed by atoms with E-state index in [0.717, 1.165) is 32.2 Å². The summed E-state index contributed by atoms with van der Waals surface area (Å²) in [5.41, 5.74) is 0.227. The monoisotopic (exact) mass is 271 g/mol. The SMILES string of the molecule is O=C(CCCc1cccs1)NCC1(CCl)CC1. The number of rotatable bonds is 7. The van der Waals surface area contributed by atoms with Gasteiger partial charge in [0.15, 0.2) is 0 Å². The van der Waals surface area contributed by atoms with Crippen LogP contribution in [-0.2, 0) is 11.2 Å². The second kappa shape index (κ2) is 5.87. The third-order valence-electron chi connectivity index (χ3n) is 3.31. The Morgan fingerprint density at radius 3 is 2.94 bits per heavy atom. The van der Waals surface area contributed by atoms with Gasteiger partial charge in [-0.15, -0.1) is 22.9 Å². The van der Waals surface area contributed by atoms with Crippen LogP contribution in [0.1, 0.15) is 30.6 Å². The zero-order valence-electron chi connectivity index (χ0n) is 9.88. The summed E-state index contributed by atoms with van der Waals surface area (Å²) < 4.78 is 0. The summed E-state index contributed by atoms with van der Waals surface area (Å²) in [6.45, 7) is 0.758. The lowest BCUT2D eigenvalue weighted by atomic mass is 10.1. The Hall–Kier alpha value is -0.540. The Bertz CT molecular complexity index is 360. The maximum Gasteiger partial charge on any atom is 0.220 e. The van der Waals surface area contributed by atoms with Crippen LogP contribution in [-0.4, -0.2) is 18.3 Å². The molecule has 2 rings (SSSR count). The number of carbonyl (C=O) groups is 1. The summed E-state index contributed by atoms with van der Waals surface area (Å²) >= 11 is 7.62. The fraction of sp³-hybridized carbons (Fsp3) is 0.615. The summed E-state index contributed by atoms with van der Waals surface area (Å²) in [6, 6.07) is 4.17. The van der Waals surface area contributed by atoms with E-state index in [2.05, 4.69) is 22.8 Å². The molecule has 1 aromatic rings. The molecule has 1 amide bonds. The molecule has 0 spiro atoms. The van der Waals surface area contributed by atoms with Gasteiger partial charge >= 0.3 is 0 Å². The standard InChI is InChI=1S/C13H18ClNOS/c14-9-13(6-7-13)10-15-12(16)5-1-3-11-4-2-8-17-11/h2,4,8H,1,3,5-7,9-10H2,(H,15,16). The fourth-order valence-electron chi connectivity index (χ4n) is 1.79. The van der Waals surface area contributed by atoms with Gasteiger partial charge in [-0.25, -0.2) is 0 Å². The first kappa shape index (κ1) is 12.9. The molecule has 0 atom stereocenters. The lowest BCUT2D eigenvalue weighted by molar-refractivity contribution is -0.121. The van der Waals surface area contributed by atoms with Crippen LogP contribution < -0.4 is 5.32 Å². The summed E-state index contributed by atoms with van der Waals surface area (Å²) in [7, 11) is 0. The van der Waals surface area contributed by atoms with Gasteiger partial charge < -0.3 is 5.32 Å². The molecule has 1 aliphatic carbocycles. The number of aryl methyl sites for hydroxylation is 1. The molecule has 0 unspecified atom stereocenters. The largest absolute Gasteiger partial charge is 0.356 e. The van der Waals surface area contributed by atoms with E-state index in [1.807, 2.05) is 0 Å². The molecule has 1 aromatic heterocycles. The maximum absolute atomic E-state index is 11.6. The van der Waals surface area contributed by atoms with Crippen molar-refractivity contribution < 1.29 is 4.79 Å². The van der Waals surface area contributed by atoms with Gasteiger partial charge in [0.2, 0.25) is 5.91 Å². The molecule has 0 radical (unpaired) electrons. The van der Waals surface area contributed by atoms with Crippen LogP contribution in [0.15, 0.2) is 17.5 Å². The van der Waals surface area contributed by atoms with Crippen molar-refractivity contribution in [2.75, 3.05) is 12.4 Å². The molecule has 0 saturated heterocycles. The Morgan fingerprint density at radius 2 is 2.35 bits per heavy atom. The highest BCUT2D eigenvalue weighted by atomic mass is 35.5. The summed E-state index contributed by atoms with van der Waals surface area (Å²) in [4.78, 5) is 13.0. The number of hydrogen-bond acceptors (Lipinski definition) is 2.